The average Bonchev–Trinajstić information content (AvgIpc) is 2.80. The number of hydrogen-bond acceptors (Lipinski definition) is 2. The van der Waals surface area contributed by atoms with Crippen molar-refractivity contribution >= 4 is 26.8 Å². The van der Waals surface area contributed by atoms with Crippen molar-refractivity contribution in [1.29, 1.82) is 0 Å². The van der Waals surface area contributed by atoms with E-state index in [0.29, 0.717) is 0 Å². The molecule has 0 unspecified atom stereocenters. The summed E-state index contributed by atoms with van der Waals surface area (Å²) in [5.41, 5.74) is 2.31. The van der Waals surface area contributed by atoms with E-state index in [1.807, 2.05) is 18.2 Å². The van der Waals surface area contributed by atoms with Crippen molar-refractivity contribution < 1.29 is 9.13 Å². The number of methoxy groups -OCH3 is 1. The Labute approximate surface area is 117 Å². The Kier molecular flexibility index (Phi) is 2.98. The van der Waals surface area contributed by atoms with Crippen molar-refractivity contribution in [2.75, 3.05) is 7.11 Å². The number of rotatable bonds is 2. The molecule has 0 aliphatic heterocycles. The summed E-state index contributed by atoms with van der Waals surface area (Å²) in [4.78, 5) is 0. The SMILES string of the molecule is COc1cc2[nH]nc(-c3cccc(F)c3)c2cc1Br. The summed E-state index contributed by atoms with van der Waals surface area (Å²) < 4.78 is 19.4. The number of H-pyrrole nitrogens is 1. The van der Waals surface area contributed by atoms with E-state index in [1.54, 1.807) is 13.2 Å². The molecule has 0 aliphatic carbocycles. The van der Waals surface area contributed by atoms with Crippen molar-refractivity contribution in [2.24, 2.45) is 0 Å². The Morgan fingerprint density at radius 2 is 2.11 bits per heavy atom. The minimum absolute atomic E-state index is 0.277. The van der Waals surface area contributed by atoms with E-state index in [4.69, 9.17) is 4.74 Å². The Morgan fingerprint density at radius 1 is 1.26 bits per heavy atom. The van der Waals surface area contributed by atoms with Crippen LogP contribution in [-0.4, -0.2) is 17.3 Å². The molecule has 0 atom stereocenters. The van der Waals surface area contributed by atoms with Crippen LogP contribution in [0.3, 0.4) is 0 Å². The number of aromatic nitrogens is 2. The van der Waals surface area contributed by atoms with Gasteiger partial charge in [-0.05, 0) is 34.1 Å². The molecular formula is C14H10BrFN2O. The first-order valence-electron chi connectivity index (χ1n) is 5.66. The number of ether oxygens (including phenoxy) is 1. The van der Waals surface area contributed by atoms with Crippen LogP contribution in [0.1, 0.15) is 0 Å². The predicted molar refractivity (Wildman–Crippen MR) is 75.7 cm³/mol. The normalized spacial score (nSPS) is 10.9. The topological polar surface area (TPSA) is 37.9 Å². The van der Waals surface area contributed by atoms with Crippen LogP contribution in [0.4, 0.5) is 4.39 Å². The molecule has 96 valence electrons. The molecule has 0 saturated carbocycles. The van der Waals surface area contributed by atoms with E-state index in [0.717, 1.165) is 32.4 Å². The van der Waals surface area contributed by atoms with Crippen molar-refractivity contribution in [2.45, 2.75) is 0 Å². The van der Waals surface area contributed by atoms with Gasteiger partial charge in [0.25, 0.3) is 0 Å². The summed E-state index contributed by atoms with van der Waals surface area (Å²) in [6.07, 6.45) is 0. The number of hydrogen-bond donors (Lipinski definition) is 1. The molecule has 0 saturated heterocycles. The Morgan fingerprint density at radius 3 is 2.84 bits per heavy atom. The molecule has 1 heterocycles. The molecule has 1 N–H and O–H groups in total. The standard InChI is InChI=1S/C14H10BrFN2O/c1-19-13-7-12-10(6-11(13)15)14(18-17-12)8-3-2-4-9(16)5-8/h2-7H,1H3,(H,17,18). The summed E-state index contributed by atoms with van der Waals surface area (Å²) in [6.45, 7) is 0. The van der Waals surface area contributed by atoms with E-state index in [2.05, 4.69) is 26.1 Å². The van der Waals surface area contributed by atoms with Gasteiger partial charge in [0, 0.05) is 17.0 Å². The zero-order chi connectivity index (χ0) is 13.4. The minimum atomic E-state index is -0.277. The first-order chi connectivity index (χ1) is 9.19. The lowest BCUT2D eigenvalue weighted by atomic mass is 10.1. The highest BCUT2D eigenvalue weighted by Gasteiger charge is 2.12. The van der Waals surface area contributed by atoms with E-state index >= 15 is 0 Å². The van der Waals surface area contributed by atoms with Crippen molar-refractivity contribution in [3.05, 3.63) is 46.7 Å². The molecule has 0 fully saturated rings. The lowest BCUT2D eigenvalue weighted by Gasteiger charge is -2.03. The van der Waals surface area contributed by atoms with E-state index in [9.17, 15) is 4.39 Å². The van der Waals surface area contributed by atoms with Crippen LogP contribution >= 0.6 is 15.9 Å². The van der Waals surface area contributed by atoms with Gasteiger partial charge in [0.05, 0.1) is 17.1 Å². The molecular weight excluding hydrogens is 311 g/mol. The molecule has 0 amide bonds. The molecule has 0 radical (unpaired) electrons. The molecule has 0 bridgehead atoms. The van der Waals surface area contributed by atoms with Gasteiger partial charge in [0.2, 0.25) is 0 Å². The monoisotopic (exact) mass is 320 g/mol. The highest BCUT2D eigenvalue weighted by atomic mass is 79.9. The van der Waals surface area contributed by atoms with Crippen molar-refractivity contribution in [1.82, 2.24) is 10.2 Å². The van der Waals surface area contributed by atoms with Crippen LogP contribution < -0.4 is 4.74 Å². The van der Waals surface area contributed by atoms with E-state index in [-0.39, 0.29) is 5.82 Å². The fourth-order valence-electron chi connectivity index (χ4n) is 2.03. The second-order valence-electron chi connectivity index (χ2n) is 4.11. The summed E-state index contributed by atoms with van der Waals surface area (Å²) in [5, 5.41) is 8.10. The second-order valence-corrected chi connectivity index (χ2v) is 4.97. The quantitative estimate of drug-likeness (QED) is 0.770. The molecule has 3 nitrogen and oxygen atoms in total. The third-order valence-electron chi connectivity index (χ3n) is 2.93. The van der Waals surface area contributed by atoms with Crippen LogP contribution in [0.5, 0.6) is 5.75 Å². The largest absolute Gasteiger partial charge is 0.495 e. The maximum Gasteiger partial charge on any atom is 0.135 e. The smallest absolute Gasteiger partial charge is 0.135 e. The van der Waals surface area contributed by atoms with Crippen LogP contribution in [0.15, 0.2) is 40.9 Å². The van der Waals surface area contributed by atoms with Gasteiger partial charge in [-0.15, -0.1) is 0 Å². The Bertz CT molecular complexity index is 754. The van der Waals surface area contributed by atoms with E-state index in [1.165, 1.54) is 12.1 Å². The molecule has 2 aromatic carbocycles. The fraction of sp³-hybridized carbons (Fsp3) is 0.0714. The Balaban J connectivity index is 2.23. The molecule has 19 heavy (non-hydrogen) atoms. The lowest BCUT2D eigenvalue weighted by Crippen LogP contribution is -1.84. The maximum atomic E-state index is 13.3. The predicted octanol–water partition coefficient (Wildman–Crippen LogP) is 4.14. The van der Waals surface area contributed by atoms with Crippen LogP contribution in [0.2, 0.25) is 0 Å². The zero-order valence-electron chi connectivity index (χ0n) is 10.1. The first-order valence-corrected chi connectivity index (χ1v) is 6.46. The van der Waals surface area contributed by atoms with Crippen molar-refractivity contribution in [3.63, 3.8) is 0 Å². The molecule has 1 aromatic heterocycles. The molecule has 3 aromatic rings. The number of aromatic amines is 1. The number of nitrogens with zero attached hydrogens (tertiary/aromatic N) is 1. The van der Waals surface area contributed by atoms with Crippen LogP contribution in [0, 0.1) is 5.82 Å². The highest BCUT2D eigenvalue weighted by Crippen LogP contribution is 2.34. The molecule has 0 spiro atoms. The molecule has 3 rings (SSSR count). The molecule has 5 heteroatoms. The van der Waals surface area contributed by atoms with Gasteiger partial charge in [0.15, 0.2) is 0 Å². The molecule has 0 aliphatic rings. The van der Waals surface area contributed by atoms with Crippen LogP contribution in [0.25, 0.3) is 22.2 Å². The second kappa shape index (κ2) is 4.66. The summed E-state index contributed by atoms with van der Waals surface area (Å²) in [5.74, 6) is 0.447. The Hall–Kier alpha value is -1.88. The first kappa shape index (κ1) is 12.2. The van der Waals surface area contributed by atoms with Gasteiger partial charge in [-0.2, -0.15) is 5.10 Å². The minimum Gasteiger partial charge on any atom is -0.495 e. The average molecular weight is 321 g/mol. The van der Waals surface area contributed by atoms with Gasteiger partial charge >= 0.3 is 0 Å². The van der Waals surface area contributed by atoms with Gasteiger partial charge < -0.3 is 4.74 Å². The number of nitrogens with one attached hydrogen (secondary N) is 1. The fourth-order valence-corrected chi connectivity index (χ4v) is 2.54. The van der Waals surface area contributed by atoms with Gasteiger partial charge in [-0.1, -0.05) is 12.1 Å². The third-order valence-corrected chi connectivity index (χ3v) is 3.55. The number of fused-ring (bicyclic) bond motifs is 1. The summed E-state index contributed by atoms with van der Waals surface area (Å²) in [7, 11) is 1.61. The number of benzene rings is 2. The summed E-state index contributed by atoms with van der Waals surface area (Å²) in [6, 6.07) is 10.2. The van der Waals surface area contributed by atoms with Gasteiger partial charge in [-0.25, -0.2) is 4.39 Å². The zero-order valence-corrected chi connectivity index (χ0v) is 11.7. The van der Waals surface area contributed by atoms with E-state index < -0.39 is 0 Å². The van der Waals surface area contributed by atoms with Gasteiger partial charge in [-0.3, -0.25) is 5.10 Å². The highest BCUT2D eigenvalue weighted by molar-refractivity contribution is 9.10. The third kappa shape index (κ3) is 2.10. The summed E-state index contributed by atoms with van der Waals surface area (Å²) >= 11 is 3.44. The van der Waals surface area contributed by atoms with Crippen molar-refractivity contribution in [3.8, 4) is 17.0 Å². The maximum absolute atomic E-state index is 13.3. The van der Waals surface area contributed by atoms with Crippen LogP contribution in [-0.2, 0) is 0 Å². The lowest BCUT2D eigenvalue weighted by molar-refractivity contribution is 0.412. The van der Waals surface area contributed by atoms with Gasteiger partial charge in [0.1, 0.15) is 17.3 Å². The number of halogens is 2.